The van der Waals surface area contributed by atoms with Crippen molar-refractivity contribution in [3.05, 3.63) is 103 Å². The Morgan fingerprint density at radius 1 is 0.950 bits per heavy atom. The van der Waals surface area contributed by atoms with E-state index in [0.717, 1.165) is 11.1 Å². The molecule has 1 aliphatic rings. The van der Waals surface area contributed by atoms with Gasteiger partial charge in [0, 0.05) is 42.3 Å². The number of carbonyl (C=O) groups excluding carboxylic acids is 3. The summed E-state index contributed by atoms with van der Waals surface area (Å²) in [5, 5.41) is 5.80. The number of amides is 2. The minimum Gasteiger partial charge on any atom is -0.444 e. The maximum Gasteiger partial charge on any atom is 0.411 e. The molecule has 1 aromatic carbocycles. The van der Waals surface area contributed by atoms with E-state index < -0.39 is 17.5 Å². The van der Waals surface area contributed by atoms with Crippen LogP contribution in [0.2, 0.25) is 0 Å². The van der Waals surface area contributed by atoms with Gasteiger partial charge in [-0.05, 0) is 62.2 Å². The van der Waals surface area contributed by atoms with E-state index in [-0.39, 0.29) is 24.7 Å². The van der Waals surface area contributed by atoms with Gasteiger partial charge in [-0.3, -0.25) is 24.9 Å². The van der Waals surface area contributed by atoms with E-state index in [1.807, 2.05) is 24.3 Å². The fourth-order valence-corrected chi connectivity index (χ4v) is 4.27. The molecule has 2 N–H and O–H groups in total. The largest absolute Gasteiger partial charge is 0.444 e. The molecule has 2 aromatic heterocycles. The number of hydrogen-bond donors (Lipinski definition) is 2. The smallest absolute Gasteiger partial charge is 0.411 e. The van der Waals surface area contributed by atoms with Gasteiger partial charge in [0.1, 0.15) is 5.60 Å². The Morgan fingerprint density at radius 3 is 2.35 bits per heavy atom. The molecule has 0 unspecified atom stereocenters. The van der Waals surface area contributed by atoms with E-state index in [2.05, 4.69) is 20.6 Å². The Labute approximate surface area is 234 Å². The van der Waals surface area contributed by atoms with Crippen molar-refractivity contribution in [2.24, 2.45) is 0 Å². The quantitative estimate of drug-likeness (QED) is 0.308. The lowest BCUT2D eigenvalue weighted by molar-refractivity contribution is -0.124. The lowest BCUT2D eigenvalue weighted by Gasteiger charge is -2.46. The lowest BCUT2D eigenvalue weighted by atomic mass is 9.97. The maximum atomic E-state index is 13.6. The Kier molecular flexibility index (Phi) is 8.43. The topological polar surface area (TPSA) is 114 Å². The predicted octanol–water partition coefficient (Wildman–Crippen LogP) is 4.94. The molecule has 206 valence electrons. The summed E-state index contributed by atoms with van der Waals surface area (Å²) < 4.78 is 5.57. The van der Waals surface area contributed by atoms with Crippen molar-refractivity contribution >= 4 is 23.4 Å². The van der Waals surface area contributed by atoms with E-state index in [1.165, 1.54) is 0 Å². The van der Waals surface area contributed by atoms with Gasteiger partial charge in [0.25, 0.3) is 0 Å². The molecule has 1 aliphatic heterocycles. The van der Waals surface area contributed by atoms with Crippen molar-refractivity contribution in [3.8, 4) is 11.1 Å². The number of alkyl carbamates (subject to hydrolysis) is 1. The number of benzene rings is 1. The molecule has 0 bridgehead atoms. The molecule has 0 aliphatic carbocycles. The van der Waals surface area contributed by atoms with E-state index in [1.54, 1.807) is 99.9 Å². The van der Waals surface area contributed by atoms with Crippen LogP contribution < -0.4 is 10.6 Å². The molecule has 0 spiro atoms. The summed E-state index contributed by atoms with van der Waals surface area (Å²) >= 11 is 0. The highest BCUT2D eigenvalue weighted by Crippen LogP contribution is 2.32. The van der Waals surface area contributed by atoms with Crippen molar-refractivity contribution in [1.82, 2.24) is 25.5 Å². The minimum absolute atomic E-state index is 0.147. The van der Waals surface area contributed by atoms with Gasteiger partial charge in [0.15, 0.2) is 5.78 Å². The second kappa shape index (κ2) is 11.9. The van der Waals surface area contributed by atoms with Gasteiger partial charge >= 0.3 is 6.09 Å². The van der Waals surface area contributed by atoms with Crippen molar-refractivity contribution in [3.63, 3.8) is 0 Å². The molecule has 0 fully saturated rings. The monoisotopic (exact) mass is 539 g/mol. The zero-order valence-corrected chi connectivity index (χ0v) is 23.0. The van der Waals surface area contributed by atoms with Crippen LogP contribution in [0.3, 0.4) is 0 Å². The highest BCUT2D eigenvalue weighted by molar-refractivity contribution is 5.98. The SMILES string of the molecule is CCC(=O)N[C@]1(NC(=O)OC(C)(C)C)C(c2ccccn2)=CC=CN1CC(=O)c1ccc(-c2cccnc2)cc1. The van der Waals surface area contributed by atoms with Crippen LogP contribution >= 0.6 is 0 Å². The first-order valence-corrected chi connectivity index (χ1v) is 13.0. The third-order valence-corrected chi connectivity index (χ3v) is 6.13. The first-order chi connectivity index (χ1) is 19.1. The number of nitrogens with one attached hydrogen (secondary N) is 2. The molecule has 4 rings (SSSR count). The predicted molar refractivity (Wildman–Crippen MR) is 153 cm³/mol. The number of aromatic nitrogens is 2. The van der Waals surface area contributed by atoms with Gasteiger partial charge in [-0.1, -0.05) is 43.3 Å². The van der Waals surface area contributed by atoms with E-state index in [0.29, 0.717) is 16.8 Å². The molecular weight excluding hydrogens is 506 g/mol. The second-order valence-corrected chi connectivity index (χ2v) is 10.2. The molecule has 0 saturated carbocycles. The number of hydrogen-bond acceptors (Lipinski definition) is 7. The summed E-state index contributed by atoms with van der Waals surface area (Å²) in [6.07, 6.45) is 9.61. The molecular formula is C31H33N5O4. The van der Waals surface area contributed by atoms with Crippen LogP contribution in [-0.4, -0.2) is 50.6 Å². The summed E-state index contributed by atoms with van der Waals surface area (Å²) in [4.78, 5) is 49.9. The summed E-state index contributed by atoms with van der Waals surface area (Å²) in [5.41, 5.74) is 2.53. The molecule has 9 heteroatoms. The van der Waals surface area contributed by atoms with Crippen LogP contribution in [0.5, 0.6) is 0 Å². The Balaban J connectivity index is 1.71. The summed E-state index contributed by atoms with van der Waals surface area (Å²) in [6, 6.07) is 16.4. The first kappa shape index (κ1) is 28.2. The first-order valence-electron chi connectivity index (χ1n) is 13.0. The number of Topliss-reactive ketones (excluding diaryl/α,β-unsaturated/α-hetero) is 1. The molecule has 3 heterocycles. The Hall–Kier alpha value is -4.79. The normalized spacial score (nSPS) is 16.6. The fraction of sp³-hybridized carbons (Fsp3) is 0.258. The molecule has 40 heavy (non-hydrogen) atoms. The highest BCUT2D eigenvalue weighted by atomic mass is 16.6. The van der Waals surface area contributed by atoms with Crippen LogP contribution in [0.15, 0.2) is 91.5 Å². The van der Waals surface area contributed by atoms with Crippen LogP contribution in [0.25, 0.3) is 16.7 Å². The second-order valence-electron chi connectivity index (χ2n) is 10.2. The van der Waals surface area contributed by atoms with Gasteiger partial charge in [0.05, 0.1) is 12.2 Å². The molecule has 1 atom stereocenters. The number of rotatable bonds is 8. The molecule has 3 aromatic rings. The molecule has 2 amide bonds. The number of pyridine rings is 2. The molecule has 0 saturated heterocycles. The number of ether oxygens (including phenoxy) is 1. The van der Waals surface area contributed by atoms with Crippen molar-refractivity contribution in [1.29, 1.82) is 0 Å². The Bertz CT molecular complexity index is 1410. The van der Waals surface area contributed by atoms with Crippen LogP contribution in [0, 0.1) is 0 Å². The average Bonchev–Trinajstić information content (AvgIpc) is 2.94. The summed E-state index contributed by atoms with van der Waals surface area (Å²) in [6.45, 7) is 6.79. The maximum absolute atomic E-state index is 13.6. The average molecular weight is 540 g/mol. The lowest BCUT2D eigenvalue weighted by Crippen LogP contribution is -2.70. The van der Waals surface area contributed by atoms with Crippen LogP contribution in [-0.2, 0) is 9.53 Å². The minimum atomic E-state index is -1.65. The van der Waals surface area contributed by atoms with E-state index in [9.17, 15) is 14.4 Å². The van der Waals surface area contributed by atoms with Crippen LogP contribution in [0.4, 0.5) is 4.79 Å². The summed E-state index contributed by atoms with van der Waals surface area (Å²) in [7, 11) is 0. The van der Waals surface area contributed by atoms with Gasteiger partial charge in [-0.2, -0.15) is 0 Å². The van der Waals surface area contributed by atoms with Crippen molar-refractivity contribution in [2.45, 2.75) is 45.5 Å². The van der Waals surface area contributed by atoms with Crippen molar-refractivity contribution in [2.75, 3.05) is 6.54 Å². The van der Waals surface area contributed by atoms with E-state index >= 15 is 0 Å². The fourth-order valence-electron chi connectivity index (χ4n) is 4.27. The zero-order chi connectivity index (χ0) is 28.8. The third kappa shape index (κ3) is 6.61. The standard InChI is InChI=1S/C31H33N5O4/c1-5-28(38)34-31(35-29(39)40-30(2,3)4)25(26-12-6-7-18-33-26)11-9-19-36(31)21-27(37)23-15-13-22(14-16-23)24-10-8-17-32-20-24/h6-20H,5,21H2,1-4H3,(H,34,38)(H,35,39)/t31-/m0/s1. The molecule has 9 nitrogen and oxygen atoms in total. The van der Waals surface area contributed by atoms with E-state index in [4.69, 9.17) is 4.74 Å². The number of nitrogens with zero attached hydrogens (tertiary/aromatic N) is 3. The third-order valence-electron chi connectivity index (χ3n) is 6.13. The number of carbonyl (C=O) groups is 3. The van der Waals surface area contributed by atoms with Gasteiger partial charge in [-0.15, -0.1) is 0 Å². The van der Waals surface area contributed by atoms with Crippen LogP contribution in [0.1, 0.15) is 50.2 Å². The van der Waals surface area contributed by atoms with Crippen molar-refractivity contribution < 1.29 is 19.1 Å². The molecule has 0 radical (unpaired) electrons. The summed E-state index contributed by atoms with van der Waals surface area (Å²) in [5.74, 6) is -2.21. The van der Waals surface area contributed by atoms with Gasteiger partial charge in [0.2, 0.25) is 11.7 Å². The van der Waals surface area contributed by atoms with Gasteiger partial charge < -0.3 is 15.0 Å². The Morgan fingerprint density at radius 2 is 1.73 bits per heavy atom. The van der Waals surface area contributed by atoms with Gasteiger partial charge in [-0.25, -0.2) is 4.79 Å². The number of ketones is 1. The highest BCUT2D eigenvalue weighted by Gasteiger charge is 2.46. The zero-order valence-electron chi connectivity index (χ0n) is 23.0. The number of allylic oxidation sites excluding steroid dienone is 2.